The van der Waals surface area contributed by atoms with E-state index in [1.165, 1.54) is 0 Å². The molecule has 0 saturated carbocycles. The van der Waals surface area contributed by atoms with Crippen LogP contribution < -0.4 is 15.0 Å². The summed E-state index contributed by atoms with van der Waals surface area (Å²) in [6.45, 7) is -1.21. The van der Waals surface area contributed by atoms with E-state index in [0.717, 1.165) is 31.6 Å². The van der Waals surface area contributed by atoms with Gasteiger partial charge in [0.05, 0.1) is 0 Å². The maximum atomic E-state index is 12.2. The van der Waals surface area contributed by atoms with E-state index in [1.807, 2.05) is 18.2 Å². The third-order valence-electron chi connectivity index (χ3n) is 4.29. The van der Waals surface area contributed by atoms with Crippen LogP contribution in [0.3, 0.4) is 0 Å². The molecule has 0 radical (unpaired) electrons. The Labute approximate surface area is 145 Å². The number of ether oxygens (including phenoxy) is 1. The molecule has 3 rings (SSSR count). The van der Waals surface area contributed by atoms with Gasteiger partial charge in [0.1, 0.15) is 5.75 Å². The molecule has 0 bridgehead atoms. The number of amides is 1. The summed E-state index contributed by atoms with van der Waals surface area (Å²) in [5.41, 5.74) is 1.63. The first-order chi connectivity index (χ1) is 12.1. The lowest BCUT2D eigenvalue weighted by molar-refractivity contribution is -0.0498. The molecule has 0 aliphatic carbocycles. The first-order valence-electron chi connectivity index (χ1n) is 8.27. The summed E-state index contributed by atoms with van der Waals surface area (Å²) in [6, 6.07) is 16.0. The summed E-state index contributed by atoms with van der Waals surface area (Å²) in [5, 5.41) is 3.07. The minimum atomic E-state index is -2.81. The second kappa shape index (κ2) is 7.96. The molecule has 1 heterocycles. The summed E-state index contributed by atoms with van der Waals surface area (Å²) in [6.07, 6.45) is 1.68. The van der Waals surface area contributed by atoms with E-state index >= 15 is 0 Å². The molecule has 1 amide bonds. The van der Waals surface area contributed by atoms with Gasteiger partial charge in [-0.1, -0.05) is 18.2 Å². The van der Waals surface area contributed by atoms with Crippen molar-refractivity contribution in [3.63, 3.8) is 0 Å². The first kappa shape index (κ1) is 17.2. The molecule has 1 aliphatic heterocycles. The second-order valence-corrected chi connectivity index (χ2v) is 5.97. The van der Waals surface area contributed by atoms with Gasteiger partial charge in [-0.05, 0) is 49.2 Å². The Morgan fingerprint density at radius 3 is 2.28 bits per heavy atom. The van der Waals surface area contributed by atoms with Crippen LogP contribution in [-0.4, -0.2) is 31.7 Å². The molecule has 1 saturated heterocycles. The average Bonchev–Trinajstić information content (AvgIpc) is 2.63. The van der Waals surface area contributed by atoms with E-state index in [-0.39, 0.29) is 17.7 Å². The van der Waals surface area contributed by atoms with Gasteiger partial charge in [-0.2, -0.15) is 8.78 Å². The molecule has 1 aliphatic rings. The van der Waals surface area contributed by atoms with Crippen LogP contribution in [-0.2, 0) is 0 Å². The van der Waals surface area contributed by atoms with E-state index in [0.29, 0.717) is 5.56 Å². The maximum absolute atomic E-state index is 12.2. The zero-order valence-electron chi connectivity index (χ0n) is 13.7. The van der Waals surface area contributed by atoms with Crippen molar-refractivity contribution < 1.29 is 18.3 Å². The Bertz CT molecular complexity index is 684. The van der Waals surface area contributed by atoms with Crippen LogP contribution in [0.15, 0.2) is 54.6 Å². The third-order valence-corrected chi connectivity index (χ3v) is 4.29. The highest BCUT2D eigenvalue weighted by Crippen LogP contribution is 2.24. The minimum absolute atomic E-state index is 0.0486. The van der Waals surface area contributed by atoms with Gasteiger partial charge < -0.3 is 15.0 Å². The summed E-state index contributed by atoms with van der Waals surface area (Å²) in [7, 11) is 0. The molecule has 6 heteroatoms. The van der Waals surface area contributed by atoms with Gasteiger partial charge in [0.2, 0.25) is 0 Å². The second-order valence-electron chi connectivity index (χ2n) is 5.97. The van der Waals surface area contributed by atoms with Crippen molar-refractivity contribution in [1.29, 1.82) is 0 Å². The zero-order chi connectivity index (χ0) is 17.6. The fourth-order valence-corrected chi connectivity index (χ4v) is 2.98. The van der Waals surface area contributed by atoms with E-state index in [4.69, 9.17) is 0 Å². The lowest BCUT2D eigenvalue weighted by atomic mass is 10.0. The number of nitrogens with one attached hydrogen (secondary N) is 1. The number of carbonyl (C=O) groups is 1. The predicted molar refractivity (Wildman–Crippen MR) is 92.2 cm³/mol. The first-order valence-corrected chi connectivity index (χ1v) is 8.27. The van der Waals surface area contributed by atoms with Crippen molar-refractivity contribution in [1.82, 2.24) is 5.32 Å². The average molecular weight is 346 g/mol. The molecule has 25 heavy (non-hydrogen) atoms. The van der Waals surface area contributed by atoms with Crippen LogP contribution in [0.5, 0.6) is 5.75 Å². The quantitative estimate of drug-likeness (QED) is 0.898. The number of alkyl halides is 2. The Balaban J connectivity index is 1.51. The van der Waals surface area contributed by atoms with Crippen LogP contribution in [0, 0.1) is 0 Å². The highest BCUT2D eigenvalue weighted by molar-refractivity contribution is 5.94. The van der Waals surface area contributed by atoms with Gasteiger partial charge in [0.15, 0.2) is 0 Å². The Morgan fingerprint density at radius 1 is 1.04 bits per heavy atom. The molecule has 0 aromatic heterocycles. The number of benzene rings is 2. The number of nitrogens with zero attached hydrogens (tertiary/aromatic N) is 1. The van der Waals surface area contributed by atoms with Crippen molar-refractivity contribution in [3.05, 3.63) is 60.2 Å². The van der Waals surface area contributed by atoms with Crippen molar-refractivity contribution in [2.75, 3.05) is 18.0 Å². The van der Waals surface area contributed by atoms with Crippen LogP contribution in [0.2, 0.25) is 0 Å². The SMILES string of the molecule is O=C(NC1CCN(c2ccc(OC(F)F)cc2)CC1)c1ccccc1. The van der Waals surface area contributed by atoms with E-state index in [1.54, 1.807) is 36.4 Å². The lowest BCUT2D eigenvalue weighted by Gasteiger charge is -2.34. The topological polar surface area (TPSA) is 41.6 Å². The number of carbonyl (C=O) groups excluding carboxylic acids is 1. The molecule has 4 nitrogen and oxygen atoms in total. The number of anilines is 1. The molecule has 1 N–H and O–H groups in total. The number of hydrogen-bond acceptors (Lipinski definition) is 3. The van der Waals surface area contributed by atoms with Crippen LogP contribution >= 0.6 is 0 Å². The van der Waals surface area contributed by atoms with Gasteiger partial charge in [0.25, 0.3) is 5.91 Å². The van der Waals surface area contributed by atoms with E-state index in [9.17, 15) is 13.6 Å². The maximum Gasteiger partial charge on any atom is 0.387 e. The van der Waals surface area contributed by atoms with Gasteiger partial charge in [0, 0.05) is 30.4 Å². The summed E-state index contributed by atoms with van der Waals surface area (Å²) in [5.74, 6) is 0.108. The molecule has 0 unspecified atom stereocenters. The molecular formula is C19H20F2N2O2. The minimum Gasteiger partial charge on any atom is -0.435 e. The molecule has 2 aromatic rings. The van der Waals surface area contributed by atoms with Gasteiger partial charge >= 0.3 is 6.61 Å². The van der Waals surface area contributed by atoms with Crippen molar-refractivity contribution in [3.8, 4) is 5.75 Å². The van der Waals surface area contributed by atoms with Crippen molar-refractivity contribution in [2.24, 2.45) is 0 Å². The fourth-order valence-electron chi connectivity index (χ4n) is 2.98. The van der Waals surface area contributed by atoms with Crippen molar-refractivity contribution in [2.45, 2.75) is 25.5 Å². The fraction of sp³-hybridized carbons (Fsp3) is 0.316. The molecular weight excluding hydrogens is 326 g/mol. The predicted octanol–water partition coefficient (Wildman–Crippen LogP) is 3.69. The molecule has 0 spiro atoms. The van der Waals surface area contributed by atoms with E-state index in [2.05, 4.69) is 15.0 Å². The van der Waals surface area contributed by atoms with E-state index < -0.39 is 6.61 Å². The third kappa shape index (κ3) is 4.68. The molecule has 2 aromatic carbocycles. The summed E-state index contributed by atoms with van der Waals surface area (Å²) < 4.78 is 28.7. The number of hydrogen-bond donors (Lipinski definition) is 1. The molecule has 132 valence electrons. The zero-order valence-corrected chi connectivity index (χ0v) is 13.7. The molecule has 0 atom stereocenters. The normalized spacial score (nSPS) is 15.2. The largest absolute Gasteiger partial charge is 0.435 e. The van der Waals surface area contributed by atoms with Crippen molar-refractivity contribution >= 4 is 11.6 Å². The van der Waals surface area contributed by atoms with Gasteiger partial charge in [-0.15, -0.1) is 0 Å². The van der Waals surface area contributed by atoms with Gasteiger partial charge in [-0.25, -0.2) is 0 Å². The standard InChI is InChI=1S/C19H20F2N2O2/c20-19(21)25-17-8-6-16(7-9-17)23-12-10-15(11-13-23)22-18(24)14-4-2-1-3-5-14/h1-9,15,19H,10-13H2,(H,22,24). The molecule has 1 fully saturated rings. The number of piperidine rings is 1. The summed E-state index contributed by atoms with van der Waals surface area (Å²) >= 11 is 0. The van der Waals surface area contributed by atoms with Crippen LogP contribution in [0.1, 0.15) is 23.2 Å². The van der Waals surface area contributed by atoms with Crippen LogP contribution in [0.25, 0.3) is 0 Å². The highest BCUT2D eigenvalue weighted by Gasteiger charge is 2.21. The summed E-state index contributed by atoms with van der Waals surface area (Å²) in [4.78, 5) is 14.4. The monoisotopic (exact) mass is 346 g/mol. The van der Waals surface area contributed by atoms with Crippen LogP contribution in [0.4, 0.5) is 14.5 Å². The lowest BCUT2D eigenvalue weighted by Crippen LogP contribution is -2.44. The van der Waals surface area contributed by atoms with Gasteiger partial charge in [-0.3, -0.25) is 4.79 Å². The number of halogens is 2. The highest BCUT2D eigenvalue weighted by atomic mass is 19.3. The Morgan fingerprint density at radius 2 is 1.68 bits per heavy atom. The Kier molecular flexibility index (Phi) is 5.48. The number of rotatable bonds is 5. The Hall–Kier alpha value is -2.63. The smallest absolute Gasteiger partial charge is 0.387 e.